The van der Waals surface area contributed by atoms with Crippen molar-refractivity contribution in [1.82, 2.24) is 20.1 Å². The van der Waals surface area contributed by atoms with Gasteiger partial charge in [-0.25, -0.2) is 4.39 Å². The van der Waals surface area contributed by atoms with Crippen LogP contribution in [0.2, 0.25) is 0 Å². The molecule has 0 saturated carbocycles. The molecule has 2 aromatic rings. The van der Waals surface area contributed by atoms with Crippen molar-refractivity contribution in [3.05, 3.63) is 65.7 Å². The molecule has 4 rings (SSSR count). The summed E-state index contributed by atoms with van der Waals surface area (Å²) in [6, 6.07) is 10.3. The van der Waals surface area contributed by atoms with Crippen LogP contribution in [0.4, 0.5) is 4.39 Å². The fourth-order valence-electron chi connectivity index (χ4n) is 4.56. The van der Waals surface area contributed by atoms with Crippen LogP contribution in [-0.4, -0.2) is 58.8 Å². The van der Waals surface area contributed by atoms with E-state index in [1.165, 1.54) is 6.07 Å². The van der Waals surface area contributed by atoms with Gasteiger partial charge in [-0.05, 0) is 48.4 Å². The van der Waals surface area contributed by atoms with Crippen LogP contribution in [-0.2, 0) is 22.6 Å². The van der Waals surface area contributed by atoms with E-state index in [9.17, 15) is 14.0 Å². The number of amides is 2. The minimum Gasteiger partial charge on any atom is -0.353 e. The van der Waals surface area contributed by atoms with Crippen LogP contribution in [0.3, 0.4) is 0 Å². The summed E-state index contributed by atoms with van der Waals surface area (Å²) >= 11 is 0. The fraction of sp³-hybridized carbons (Fsp3) is 0.458. The zero-order valence-corrected chi connectivity index (χ0v) is 17.7. The summed E-state index contributed by atoms with van der Waals surface area (Å²) in [6.45, 7) is 3.22. The Morgan fingerprint density at radius 1 is 1.13 bits per heavy atom. The first-order valence-corrected chi connectivity index (χ1v) is 11.0. The molecule has 3 heterocycles. The highest BCUT2D eigenvalue weighted by molar-refractivity contribution is 5.88. The minimum absolute atomic E-state index is 0.0163. The first kappa shape index (κ1) is 21.4. The van der Waals surface area contributed by atoms with Gasteiger partial charge in [-0.3, -0.25) is 19.5 Å². The SMILES string of the molecule is O=C1NCCN(Cc2cccnc2)[C@@H]1CC(=O)N1CCC(Cc2ccccc2F)CC1. The van der Waals surface area contributed by atoms with E-state index in [0.29, 0.717) is 45.1 Å². The van der Waals surface area contributed by atoms with Gasteiger partial charge in [0.2, 0.25) is 11.8 Å². The summed E-state index contributed by atoms with van der Waals surface area (Å²) < 4.78 is 13.9. The number of carbonyl (C=O) groups is 2. The second-order valence-corrected chi connectivity index (χ2v) is 8.46. The Morgan fingerprint density at radius 3 is 2.68 bits per heavy atom. The van der Waals surface area contributed by atoms with Gasteiger partial charge in [-0.15, -0.1) is 0 Å². The summed E-state index contributed by atoms with van der Waals surface area (Å²) in [7, 11) is 0. The number of likely N-dealkylation sites (tertiary alicyclic amines) is 1. The summed E-state index contributed by atoms with van der Waals surface area (Å²) in [6.07, 6.45) is 6.13. The fourth-order valence-corrected chi connectivity index (χ4v) is 4.56. The predicted molar refractivity (Wildman–Crippen MR) is 115 cm³/mol. The molecule has 2 amide bonds. The molecule has 0 bridgehead atoms. The van der Waals surface area contributed by atoms with Crippen molar-refractivity contribution in [3.63, 3.8) is 0 Å². The van der Waals surface area contributed by atoms with E-state index >= 15 is 0 Å². The maximum absolute atomic E-state index is 13.9. The van der Waals surface area contributed by atoms with Crippen LogP contribution in [0.15, 0.2) is 48.8 Å². The lowest BCUT2D eigenvalue weighted by Crippen LogP contribution is -2.56. The maximum atomic E-state index is 13.9. The number of nitrogens with one attached hydrogen (secondary N) is 1. The largest absolute Gasteiger partial charge is 0.353 e. The normalized spacial score (nSPS) is 20.5. The van der Waals surface area contributed by atoms with E-state index in [1.54, 1.807) is 18.5 Å². The standard InChI is InChI=1S/C24H29FN4O2/c25-21-6-2-1-5-20(21)14-18-7-11-28(12-8-18)23(30)15-22-24(31)27-10-13-29(22)17-19-4-3-9-26-16-19/h1-6,9,16,18,22H,7-8,10-15,17H2,(H,27,31)/t22-/m1/s1. The van der Waals surface area contributed by atoms with Crippen molar-refractivity contribution >= 4 is 11.8 Å². The zero-order valence-electron chi connectivity index (χ0n) is 17.7. The first-order chi connectivity index (χ1) is 15.1. The molecule has 31 heavy (non-hydrogen) atoms. The Morgan fingerprint density at radius 2 is 1.94 bits per heavy atom. The molecular formula is C24H29FN4O2. The van der Waals surface area contributed by atoms with Gasteiger partial charge in [0.15, 0.2) is 0 Å². The van der Waals surface area contributed by atoms with E-state index in [4.69, 9.17) is 0 Å². The smallest absolute Gasteiger partial charge is 0.237 e. The molecule has 2 saturated heterocycles. The molecule has 7 heteroatoms. The van der Waals surface area contributed by atoms with E-state index in [2.05, 4.69) is 15.2 Å². The number of aromatic nitrogens is 1. The lowest BCUT2D eigenvalue weighted by molar-refractivity contribution is -0.140. The van der Waals surface area contributed by atoms with Crippen LogP contribution >= 0.6 is 0 Å². The second-order valence-electron chi connectivity index (χ2n) is 8.46. The third kappa shape index (κ3) is 5.47. The second kappa shape index (κ2) is 10.0. The van der Waals surface area contributed by atoms with E-state index < -0.39 is 6.04 Å². The summed E-state index contributed by atoms with van der Waals surface area (Å²) in [5, 5.41) is 2.89. The molecule has 6 nitrogen and oxygen atoms in total. The Kier molecular flexibility index (Phi) is 6.92. The van der Waals surface area contributed by atoms with Gasteiger partial charge in [-0.1, -0.05) is 24.3 Å². The number of rotatable bonds is 6. The molecule has 1 N–H and O–H groups in total. The third-order valence-corrected chi connectivity index (χ3v) is 6.35. The van der Waals surface area contributed by atoms with Crippen LogP contribution in [0.25, 0.3) is 0 Å². The molecular weight excluding hydrogens is 395 g/mol. The van der Waals surface area contributed by atoms with Crippen molar-refractivity contribution in [2.75, 3.05) is 26.2 Å². The predicted octanol–water partition coefficient (Wildman–Crippen LogP) is 2.39. The quantitative estimate of drug-likeness (QED) is 0.773. The highest BCUT2D eigenvalue weighted by Gasteiger charge is 2.34. The number of hydrogen-bond donors (Lipinski definition) is 1. The molecule has 1 atom stereocenters. The number of piperidine rings is 1. The maximum Gasteiger partial charge on any atom is 0.237 e. The number of halogens is 1. The molecule has 0 spiro atoms. The molecule has 2 aliphatic rings. The number of hydrogen-bond acceptors (Lipinski definition) is 4. The Labute approximate surface area is 182 Å². The first-order valence-electron chi connectivity index (χ1n) is 11.0. The van der Waals surface area contributed by atoms with Crippen molar-refractivity contribution in [2.45, 2.75) is 38.3 Å². The molecule has 164 valence electrons. The van der Waals surface area contributed by atoms with E-state index in [1.807, 2.05) is 29.2 Å². The summed E-state index contributed by atoms with van der Waals surface area (Å²) in [5.41, 5.74) is 1.78. The molecule has 1 aromatic carbocycles. The molecule has 0 aliphatic carbocycles. The number of pyridine rings is 1. The van der Waals surface area contributed by atoms with Gasteiger partial charge in [0.25, 0.3) is 0 Å². The number of nitrogens with zero attached hydrogens (tertiary/aromatic N) is 3. The summed E-state index contributed by atoms with van der Waals surface area (Å²) in [5.74, 6) is 0.152. The Bertz CT molecular complexity index is 899. The van der Waals surface area contributed by atoms with E-state index in [0.717, 1.165) is 24.0 Å². The van der Waals surface area contributed by atoms with Crippen LogP contribution in [0, 0.1) is 11.7 Å². The average molecular weight is 425 g/mol. The third-order valence-electron chi connectivity index (χ3n) is 6.35. The van der Waals surface area contributed by atoms with Gasteiger partial charge in [0, 0.05) is 45.1 Å². The van der Waals surface area contributed by atoms with Gasteiger partial charge < -0.3 is 10.2 Å². The Balaban J connectivity index is 1.31. The van der Waals surface area contributed by atoms with Gasteiger partial charge >= 0.3 is 0 Å². The van der Waals surface area contributed by atoms with Crippen molar-refractivity contribution in [2.24, 2.45) is 5.92 Å². The van der Waals surface area contributed by atoms with Crippen molar-refractivity contribution in [1.29, 1.82) is 0 Å². The summed E-state index contributed by atoms with van der Waals surface area (Å²) in [4.78, 5) is 33.6. The highest BCUT2D eigenvalue weighted by atomic mass is 19.1. The monoisotopic (exact) mass is 424 g/mol. The molecule has 2 aliphatic heterocycles. The van der Waals surface area contributed by atoms with Crippen molar-refractivity contribution < 1.29 is 14.0 Å². The molecule has 0 unspecified atom stereocenters. The lowest BCUT2D eigenvalue weighted by atomic mass is 9.89. The van der Waals surface area contributed by atoms with Gasteiger partial charge in [-0.2, -0.15) is 0 Å². The average Bonchev–Trinajstić information content (AvgIpc) is 2.79. The van der Waals surface area contributed by atoms with Crippen LogP contribution < -0.4 is 5.32 Å². The Hall–Kier alpha value is -2.80. The highest BCUT2D eigenvalue weighted by Crippen LogP contribution is 2.24. The number of benzene rings is 1. The topological polar surface area (TPSA) is 65.5 Å². The van der Waals surface area contributed by atoms with Gasteiger partial charge in [0.05, 0.1) is 12.5 Å². The number of carbonyl (C=O) groups excluding carboxylic acids is 2. The van der Waals surface area contributed by atoms with Crippen molar-refractivity contribution in [3.8, 4) is 0 Å². The molecule has 0 radical (unpaired) electrons. The van der Waals surface area contributed by atoms with Crippen LogP contribution in [0.5, 0.6) is 0 Å². The van der Waals surface area contributed by atoms with E-state index in [-0.39, 0.29) is 24.1 Å². The zero-order chi connectivity index (χ0) is 21.6. The molecule has 2 fully saturated rings. The van der Waals surface area contributed by atoms with Gasteiger partial charge in [0.1, 0.15) is 5.82 Å². The van der Waals surface area contributed by atoms with Crippen LogP contribution in [0.1, 0.15) is 30.4 Å². The lowest BCUT2D eigenvalue weighted by Gasteiger charge is -2.37. The number of piperazine rings is 1. The molecule has 1 aromatic heterocycles. The minimum atomic E-state index is -0.461.